The van der Waals surface area contributed by atoms with Gasteiger partial charge in [0.05, 0.1) is 19.4 Å². The normalized spacial score (nSPS) is 22.7. The third-order valence-electron chi connectivity index (χ3n) is 1.56. The van der Waals surface area contributed by atoms with Gasteiger partial charge in [0.1, 0.15) is 16.1 Å². The molecular weight excluding hydrogens is 174 g/mol. The van der Waals surface area contributed by atoms with Crippen molar-refractivity contribution in [3.63, 3.8) is 0 Å². The molecule has 0 aliphatic carbocycles. The minimum atomic E-state index is -1.11. The van der Waals surface area contributed by atoms with E-state index < -0.39 is 11.4 Å². The van der Waals surface area contributed by atoms with E-state index in [2.05, 4.69) is 4.40 Å². The van der Waals surface area contributed by atoms with Gasteiger partial charge in [-0.05, 0) is 20.8 Å². The van der Waals surface area contributed by atoms with Crippen LogP contribution in [0.1, 0.15) is 20.8 Å². The van der Waals surface area contributed by atoms with Gasteiger partial charge in [-0.3, -0.25) is 0 Å². The van der Waals surface area contributed by atoms with E-state index in [9.17, 15) is 4.55 Å². The summed E-state index contributed by atoms with van der Waals surface area (Å²) in [4.78, 5) is 0. The summed E-state index contributed by atoms with van der Waals surface area (Å²) in [6.45, 7) is 7.20. The van der Waals surface area contributed by atoms with Crippen molar-refractivity contribution in [3.8, 4) is 0 Å². The van der Waals surface area contributed by atoms with E-state index in [1.807, 2.05) is 20.8 Å². The number of hydrogen-bond acceptors (Lipinski definition) is 3. The Labute approximate surface area is 76.5 Å². The summed E-state index contributed by atoms with van der Waals surface area (Å²) in [6.07, 6.45) is 1.75. The van der Waals surface area contributed by atoms with Gasteiger partial charge in [0.25, 0.3) is 0 Å². The molecule has 1 rings (SSSR count). The van der Waals surface area contributed by atoms with Crippen LogP contribution in [0, 0.1) is 5.92 Å². The van der Waals surface area contributed by atoms with Crippen molar-refractivity contribution < 1.29 is 9.29 Å². The van der Waals surface area contributed by atoms with Crippen molar-refractivity contribution in [2.75, 3.05) is 13.2 Å². The van der Waals surface area contributed by atoms with Gasteiger partial charge in [-0.1, -0.05) is 4.40 Å². The predicted octanol–water partition coefficient (Wildman–Crippen LogP) is 1.17. The van der Waals surface area contributed by atoms with Gasteiger partial charge in [-0.15, -0.1) is 0 Å². The van der Waals surface area contributed by atoms with Crippen molar-refractivity contribution in [2.24, 2.45) is 10.3 Å². The highest BCUT2D eigenvalue weighted by Crippen LogP contribution is 2.17. The topological polar surface area (TPSA) is 44.7 Å². The summed E-state index contributed by atoms with van der Waals surface area (Å²) < 4.78 is 20.1. The molecule has 12 heavy (non-hydrogen) atoms. The zero-order valence-corrected chi connectivity index (χ0v) is 8.56. The minimum Gasteiger partial charge on any atom is -0.591 e. The maximum Gasteiger partial charge on any atom is 0.144 e. The summed E-state index contributed by atoms with van der Waals surface area (Å²) in [6, 6.07) is 0. The van der Waals surface area contributed by atoms with E-state index >= 15 is 0 Å². The quantitative estimate of drug-likeness (QED) is 0.483. The molecule has 4 heteroatoms. The first-order valence-corrected chi connectivity index (χ1v) is 5.15. The van der Waals surface area contributed by atoms with E-state index in [1.165, 1.54) is 0 Å². The van der Waals surface area contributed by atoms with Crippen molar-refractivity contribution in [3.05, 3.63) is 0 Å². The second-order valence-corrected chi connectivity index (χ2v) is 5.85. The lowest BCUT2D eigenvalue weighted by Gasteiger charge is -2.23. The largest absolute Gasteiger partial charge is 0.591 e. The van der Waals surface area contributed by atoms with Crippen molar-refractivity contribution in [2.45, 2.75) is 25.5 Å². The molecule has 3 nitrogen and oxygen atoms in total. The smallest absolute Gasteiger partial charge is 0.144 e. The second kappa shape index (κ2) is 3.77. The van der Waals surface area contributed by atoms with Crippen molar-refractivity contribution in [1.82, 2.24) is 0 Å². The summed E-state index contributed by atoms with van der Waals surface area (Å²) in [7, 11) is 0. The van der Waals surface area contributed by atoms with Gasteiger partial charge in [0.15, 0.2) is 0 Å². The van der Waals surface area contributed by atoms with Crippen molar-refractivity contribution in [1.29, 1.82) is 0 Å². The highest BCUT2D eigenvalue weighted by Gasteiger charge is 2.27. The fraction of sp³-hybridized carbons (Fsp3) is 0.875. The molecule has 0 saturated carbocycles. The standard InChI is InChI=1S/C8H15NO2S/c1-8(2,3)12(10)9-4-7-5-11-6-7/h4,7H,5-6H2,1-3H3/t12-/m0/s1. The Kier molecular flexibility index (Phi) is 3.15. The van der Waals surface area contributed by atoms with Crippen LogP contribution < -0.4 is 0 Å². The number of rotatable bonds is 2. The molecule has 0 bridgehead atoms. The molecule has 0 amide bonds. The molecule has 1 heterocycles. The zero-order chi connectivity index (χ0) is 9.19. The number of ether oxygens (including phenoxy) is 1. The molecular formula is C8H15NO2S. The molecule has 1 atom stereocenters. The molecule has 0 aromatic heterocycles. The SMILES string of the molecule is CC(C)(C)[S@+]([O-])N=CC1COC1. The molecule has 0 spiro atoms. The first-order chi connectivity index (χ1) is 5.50. The van der Waals surface area contributed by atoms with E-state index in [4.69, 9.17) is 4.74 Å². The molecule has 0 aromatic carbocycles. The van der Waals surface area contributed by atoms with E-state index in [0.717, 1.165) is 13.2 Å². The highest BCUT2D eigenvalue weighted by molar-refractivity contribution is 7.91. The van der Waals surface area contributed by atoms with E-state index in [1.54, 1.807) is 6.21 Å². The molecule has 1 saturated heterocycles. The lowest BCUT2D eigenvalue weighted by Crippen LogP contribution is -2.31. The molecule has 70 valence electrons. The average Bonchev–Trinajstić information content (AvgIpc) is 1.81. The first-order valence-electron chi connectivity index (χ1n) is 4.04. The molecule has 1 fully saturated rings. The third-order valence-corrected chi connectivity index (χ3v) is 2.92. The fourth-order valence-electron chi connectivity index (χ4n) is 0.639. The third kappa shape index (κ3) is 2.77. The lowest BCUT2D eigenvalue weighted by atomic mass is 10.1. The molecule has 1 aliphatic heterocycles. The first kappa shape index (κ1) is 10.0. The Morgan fingerprint density at radius 3 is 2.42 bits per heavy atom. The van der Waals surface area contributed by atoms with Gasteiger partial charge in [0, 0.05) is 5.92 Å². The van der Waals surface area contributed by atoms with Crippen LogP contribution in [0.4, 0.5) is 0 Å². The van der Waals surface area contributed by atoms with Gasteiger partial charge in [0.2, 0.25) is 0 Å². The minimum absolute atomic E-state index is 0.249. The van der Waals surface area contributed by atoms with Crippen LogP contribution in [0.2, 0.25) is 0 Å². The number of hydrogen-bond donors (Lipinski definition) is 0. The summed E-state index contributed by atoms with van der Waals surface area (Å²) in [5, 5.41) is 0. The Morgan fingerprint density at radius 2 is 2.08 bits per heavy atom. The summed E-state index contributed by atoms with van der Waals surface area (Å²) in [5.41, 5.74) is 0. The monoisotopic (exact) mass is 189 g/mol. The van der Waals surface area contributed by atoms with Crippen LogP contribution in [-0.4, -0.2) is 28.7 Å². The van der Waals surface area contributed by atoms with Gasteiger partial charge in [-0.2, -0.15) is 0 Å². The molecule has 0 unspecified atom stereocenters. The second-order valence-electron chi connectivity index (χ2n) is 3.91. The number of nitrogens with zero attached hydrogens (tertiary/aromatic N) is 1. The average molecular weight is 189 g/mol. The van der Waals surface area contributed by atoms with Crippen LogP contribution in [0.5, 0.6) is 0 Å². The van der Waals surface area contributed by atoms with Crippen LogP contribution in [0.3, 0.4) is 0 Å². The molecule has 1 aliphatic rings. The van der Waals surface area contributed by atoms with Crippen molar-refractivity contribution >= 4 is 17.6 Å². The fourth-order valence-corrected chi connectivity index (χ4v) is 1.24. The Bertz CT molecular complexity index is 172. The van der Waals surface area contributed by atoms with Gasteiger partial charge in [-0.25, -0.2) is 0 Å². The Balaban J connectivity index is 2.33. The van der Waals surface area contributed by atoms with Gasteiger partial charge < -0.3 is 9.29 Å². The molecule has 0 radical (unpaired) electrons. The highest BCUT2D eigenvalue weighted by atomic mass is 32.2. The Hall–Kier alpha value is -0.0600. The van der Waals surface area contributed by atoms with Crippen LogP contribution in [-0.2, 0) is 16.1 Å². The van der Waals surface area contributed by atoms with Crippen LogP contribution >= 0.6 is 0 Å². The molecule has 0 N–H and O–H groups in total. The zero-order valence-electron chi connectivity index (χ0n) is 7.74. The summed E-state index contributed by atoms with van der Waals surface area (Å²) >= 11 is -1.11. The van der Waals surface area contributed by atoms with Crippen LogP contribution in [0.15, 0.2) is 4.40 Å². The molecule has 0 aromatic rings. The van der Waals surface area contributed by atoms with Crippen LogP contribution in [0.25, 0.3) is 0 Å². The maximum atomic E-state index is 11.4. The van der Waals surface area contributed by atoms with Gasteiger partial charge >= 0.3 is 0 Å². The predicted molar refractivity (Wildman–Crippen MR) is 50.7 cm³/mol. The lowest BCUT2D eigenvalue weighted by molar-refractivity contribution is 0.00420. The summed E-state index contributed by atoms with van der Waals surface area (Å²) in [5.74, 6) is 0.385. The Morgan fingerprint density at radius 1 is 1.50 bits per heavy atom. The van der Waals surface area contributed by atoms with E-state index in [0.29, 0.717) is 5.92 Å². The maximum absolute atomic E-state index is 11.4. The van der Waals surface area contributed by atoms with E-state index in [-0.39, 0.29) is 4.75 Å².